The van der Waals surface area contributed by atoms with Crippen LogP contribution in [0.3, 0.4) is 0 Å². The van der Waals surface area contributed by atoms with Gasteiger partial charge in [-0.05, 0) is 55.8 Å². The van der Waals surface area contributed by atoms with E-state index >= 15 is 0 Å². The van der Waals surface area contributed by atoms with E-state index in [0.717, 1.165) is 16.7 Å². The number of aliphatic hydroxyl groups excluding tert-OH is 3. The molecule has 17 nitrogen and oxygen atoms in total. The van der Waals surface area contributed by atoms with Crippen molar-refractivity contribution in [2.45, 2.75) is 95.7 Å². The summed E-state index contributed by atoms with van der Waals surface area (Å²) in [7, 11) is 0. The lowest BCUT2D eigenvalue weighted by Gasteiger charge is -2.36. The summed E-state index contributed by atoms with van der Waals surface area (Å²) < 4.78 is 10.4. The molecule has 1 saturated heterocycles. The normalized spacial score (nSPS) is 22.0. The predicted molar refractivity (Wildman–Crippen MR) is 189 cm³/mol. The highest BCUT2D eigenvalue weighted by atomic mass is 32.2. The molecule has 0 radical (unpaired) electrons. The molecule has 7 N–H and O–H groups in total. The highest BCUT2D eigenvalue weighted by Gasteiger charge is 2.46. The number of aliphatic hydroxyl groups is 3. The minimum atomic E-state index is -1.91. The van der Waals surface area contributed by atoms with Crippen LogP contribution >= 0.6 is 11.8 Å². The van der Waals surface area contributed by atoms with Crippen LogP contribution in [-0.2, 0) is 44.8 Å². The van der Waals surface area contributed by atoms with Crippen molar-refractivity contribution in [2.75, 3.05) is 18.1 Å². The summed E-state index contributed by atoms with van der Waals surface area (Å²) >= 11 is 0.831. The second kappa shape index (κ2) is 19.9. The number of rotatable bonds is 15. The Hall–Kier alpha value is -4.80. The van der Waals surface area contributed by atoms with Gasteiger partial charge < -0.3 is 45.9 Å². The van der Waals surface area contributed by atoms with Crippen molar-refractivity contribution in [3.05, 3.63) is 41.5 Å². The molecule has 18 heteroatoms. The fourth-order valence-electron chi connectivity index (χ4n) is 5.23. The molecule has 0 bridgehead atoms. The number of benzene rings is 1. The fraction of sp³-hybridized carbons (Fsp3) is 0.514. The first-order valence-corrected chi connectivity index (χ1v) is 18.0. The van der Waals surface area contributed by atoms with Gasteiger partial charge in [-0.1, -0.05) is 38.2 Å². The number of ether oxygens (including phenoxy) is 2. The van der Waals surface area contributed by atoms with Crippen LogP contribution in [0.15, 0.2) is 30.4 Å². The molecule has 1 aromatic rings. The van der Waals surface area contributed by atoms with E-state index in [1.165, 1.54) is 43.5 Å². The third-order valence-electron chi connectivity index (χ3n) is 8.30. The van der Waals surface area contributed by atoms with Crippen LogP contribution in [0, 0.1) is 17.8 Å². The van der Waals surface area contributed by atoms with E-state index in [0.29, 0.717) is 24.8 Å². The summed E-state index contributed by atoms with van der Waals surface area (Å²) in [4.78, 5) is 86.6. The number of aliphatic carboxylic acids is 1. The molecule has 1 aromatic carbocycles. The third kappa shape index (κ3) is 12.1. The van der Waals surface area contributed by atoms with Gasteiger partial charge >= 0.3 is 11.3 Å². The van der Waals surface area contributed by atoms with Crippen molar-refractivity contribution in [3.8, 4) is 11.8 Å². The highest BCUT2D eigenvalue weighted by molar-refractivity contribution is 8.12. The molecule has 53 heavy (non-hydrogen) atoms. The first-order valence-electron chi connectivity index (χ1n) is 16.8. The van der Waals surface area contributed by atoms with Gasteiger partial charge in [0.15, 0.2) is 6.10 Å². The predicted octanol–water partition coefficient (Wildman–Crippen LogP) is 0.0418. The van der Waals surface area contributed by atoms with Crippen molar-refractivity contribution < 1.29 is 63.5 Å². The number of amides is 5. The number of hydrogen-bond donors (Lipinski definition) is 7. The third-order valence-corrected chi connectivity index (χ3v) is 8.75. The SMILES string of the molecule is CSC(=O)OCc1ccc(NC(=O)[C@H](C)NC(=O)[C@@H](NC(=O)CCCCCN2C(=O)C=CC2=O)C(C)C)cc1C#C[C@@H]1O[C@H](C(=O)O)[C@@H](O)[C@H](O)[C@H]1O. The number of unbranched alkanes of at least 4 members (excludes halogenated alkanes) is 2. The van der Waals surface area contributed by atoms with Crippen molar-refractivity contribution in [2.24, 2.45) is 5.92 Å². The van der Waals surface area contributed by atoms with E-state index in [2.05, 4.69) is 27.8 Å². The Kier molecular flexibility index (Phi) is 16.0. The standard InChI is InChI=1S/C35H44N4O13S/c1-18(2)27(38-24(40)8-6-5-7-15-39-25(41)13-14-26(39)42)33(47)36-19(3)32(46)37-22-11-9-21(17-51-35(50)53-4)20(16-22)10-12-23-28(43)29(44)30(45)31(52-23)34(48)49/h9,11,13-14,16,18-19,23,27-31,43-45H,5-8,15,17H2,1-4H3,(H,36,47)(H,37,46)(H,38,40)(H,48,49)/t19-,23-,27-,28-,29+,30-,31-/m0/s1. The fourth-order valence-corrected chi connectivity index (χ4v) is 5.40. The number of carboxylic acid groups (broad SMARTS) is 1. The molecular weight excluding hydrogens is 716 g/mol. The van der Waals surface area contributed by atoms with E-state index in [9.17, 15) is 54.0 Å². The van der Waals surface area contributed by atoms with E-state index in [-0.39, 0.29) is 54.5 Å². The van der Waals surface area contributed by atoms with Crippen molar-refractivity contribution in [3.63, 3.8) is 0 Å². The molecule has 7 atom stereocenters. The maximum Gasteiger partial charge on any atom is 0.367 e. The summed E-state index contributed by atoms with van der Waals surface area (Å²) in [5.74, 6) is 0.987. The Bertz CT molecular complexity index is 1640. The topological polar surface area (TPSA) is 258 Å². The number of hydrogen-bond acceptors (Lipinski definition) is 13. The van der Waals surface area contributed by atoms with Crippen LogP contribution in [0.4, 0.5) is 10.5 Å². The van der Waals surface area contributed by atoms with E-state index in [1.54, 1.807) is 13.8 Å². The average molecular weight is 761 g/mol. The quantitative estimate of drug-likeness (QED) is 0.0540. The zero-order valence-corrected chi connectivity index (χ0v) is 30.4. The zero-order valence-electron chi connectivity index (χ0n) is 29.6. The molecule has 0 spiro atoms. The Morgan fingerprint density at radius 1 is 0.943 bits per heavy atom. The molecule has 5 amide bonds. The van der Waals surface area contributed by atoms with Gasteiger partial charge in [0, 0.05) is 41.9 Å². The van der Waals surface area contributed by atoms with E-state index < -0.39 is 65.7 Å². The van der Waals surface area contributed by atoms with Gasteiger partial charge in [-0.3, -0.25) is 28.9 Å². The Morgan fingerprint density at radius 3 is 2.25 bits per heavy atom. The van der Waals surface area contributed by atoms with Gasteiger partial charge in [0.2, 0.25) is 17.7 Å². The van der Waals surface area contributed by atoms with Crippen molar-refractivity contribution in [1.82, 2.24) is 15.5 Å². The van der Waals surface area contributed by atoms with Crippen LogP contribution < -0.4 is 16.0 Å². The largest absolute Gasteiger partial charge is 0.479 e. The molecule has 2 aliphatic rings. The van der Waals surface area contributed by atoms with Gasteiger partial charge in [-0.25, -0.2) is 9.59 Å². The van der Waals surface area contributed by atoms with Crippen LogP contribution in [0.2, 0.25) is 0 Å². The molecule has 0 aliphatic carbocycles. The second-order valence-electron chi connectivity index (χ2n) is 12.7. The monoisotopic (exact) mass is 760 g/mol. The highest BCUT2D eigenvalue weighted by Crippen LogP contribution is 2.23. The van der Waals surface area contributed by atoms with E-state index in [1.807, 2.05) is 0 Å². The number of carbonyl (C=O) groups excluding carboxylic acids is 6. The molecule has 0 aromatic heterocycles. The van der Waals surface area contributed by atoms with Crippen molar-refractivity contribution in [1.29, 1.82) is 0 Å². The van der Waals surface area contributed by atoms with Crippen molar-refractivity contribution >= 4 is 58.3 Å². The minimum absolute atomic E-state index is 0.110. The van der Waals surface area contributed by atoms with Crippen LogP contribution in [0.5, 0.6) is 0 Å². The molecular formula is C35H44N4O13S. The summed E-state index contributed by atoms with van der Waals surface area (Å²) in [6.45, 7) is 4.92. The Balaban J connectivity index is 1.63. The number of thioether (sulfide) groups is 1. The number of nitrogens with one attached hydrogen (secondary N) is 3. The van der Waals surface area contributed by atoms with Crippen LogP contribution in [0.1, 0.15) is 57.6 Å². The zero-order chi connectivity index (χ0) is 39.4. The molecule has 2 aliphatic heterocycles. The van der Waals surface area contributed by atoms with Gasteiger partial charge in [0.05, 0.1) is 0 Å². The van der Waals surface area contributed by atoms with Gasteiger partial charge in [0.25, 0.3) is 11.8 Å². The van der Waals surface area contributed by atoms with E-state index in [4.69, 9.17) is 9.47 Å². The number of carboxylic acids is 1. The molecule has 1 fully saturated rings. The first kappa shape index (κ1) is 42.6. The molecule has 288 valence electrons. The summed E-state index contributed by atoms with van der Waals surface area (Å²) in [6.07, 6.45) is -3.32. The summed E-state index contributed by atoms with van der Waals surface area (Å²) in [6, 6.07) is 2.37. The van der Waals surface area contributed by atoms with Crippen LogP contribution in [0.25, 0.3) is 0 Å². The number of anilines is 1. The smallest absolute Gasteiger partial charge is 0.367 e. The Labute approximate surface area is 309 Å². The maximum atomic E-state index is 13.1. The molecule has 3 rings (SSSR count). The minimum Gasteiger partial charge on any atom is -0.479 e. The molecule has 0 unspecified atom stereocenters. The van der Waals surface area contributed by atoms with Gasteiger partial charge in [-0.15, -0.1) is 0 Å². The van der Waals surface area contributed by atoms with Gasteiger partial charge in [-0.2, -0.15) is 0 Å². The lowest BCUT2D eigenvalue weighted by atomic mass is 9.95. The number of carbonyl (C=O) groups is 7. The summed E-state index contributed by atoms with van der Waals surface area (Å²) in [5.41, 5.74) is 0.742. The number of nitrogens with zero attached hydrogens (tertiary/aromatic N) is 1. The van der Waals surface area contributed by atoms with Crippen LogP contribution in [-0.4, -0.2) is 122 Å². The number of imide groups is 1. The lowest BCUT2D eigenvalue weighted by molar-refractivity contribution is -0.215. The maximum absolute atomic E-state index is 13.1. The average Bonchev–Trinajstić information content (AvgIpc) is 3.43. The molecule has 0 saturated carbocycles. The first-order chi connectivity index (χ1) is 25.0. The Morgan fingerprint density at radius 2 is 1.62 bits per heavy atom. The molecule has 2 heterocycles. The lowest BCUT2D eigenvalue weighted by Crippen LogP contribution is -2.59. The summed E-state index contributed by atoms with van der Waals surface area (Å²) in [5, 5.41) is 47.1. The second-order valence-corrected chi connectivity index (χ2v) is 13.4. The van der Waals surface area contributed by atoms with Gasteiger partial charge in [0.1, 0.15) is 43.1 Å².